The smallest absolute Gasteiger partial charge is 0.262 e. The van der Waals surface area contributed by atoms with Gasteiger partial charge in [0, 0.05) is 18.2 Å². The van der Waals surface area contributed by atoms with Crippen molar-refractivity contribution in [2.24, 2.45) is 0 Å². The predicted octanol–water partition coefficient (Wildman–Crippen LogP) is 6.79. The zero-order valence-corrected chi connectivity index (χ0v) is 30.2. The number of rotatable bonds is 20. The third kappa shape index (κ3) is 14.2. The highest BCUT2D eigenvalue weighted by Crippen LogP contribution is 2.33. The minimum atomic E-state index is -0.191. The van der Waals surface area contributed by atoms with Gasteiger partial charge in [0.05, 0.1) is 12.0 Å². The molecule has 0 fully saturated rings. The van der Waals surface area contributed by atoms with Crippen LogP contribution in [0.3, 0.4) is 0 Å². The average molecular weight is 688 g/mol. The summed E-state index contributed by atoms with van der Waals surface area (Å²) in [5, 5.41) is 6.32. The van der Waals surface area contributed by atoms with E-state index in [4.69, 9.17) is 9.47 Å². The van der Waals surface area contributed by atoms with Gasteiger partial charge < -0.3 is 31.8 Å². The van der Waals surface area contributed by atoms with Crippen LogP contribution in [0.25, 0.3) is 0 Å². The Morgan fingerprint density at radius 3 is 2.11 bits per heavy atom. The molecule has 0 spiro atoms. The molecule has 0 radical (unpaired) electrons. The Kier molecular flexibility index (Phi) is 17.7. The molecule has 0 bridgehead atoms. The number of amides is 1. The Morgan fingerprint density at radius 1 is 0.841 bits per heavy atom. The molecule has 244 valence electrons. The second-order valence-electron chi connectivity index (χ2n) is 12.7. The first-order valence-electron chi connectivity index (χ1n) is 16.5. The maximum atomic E-state index is 12.8. The third-order valence-electron chi connectivity index (χ3n) is 7.87. The van der Waals surface area contributed by atoms with Crippen LogP contribution in [0.4, 0.5) is 5.69 Å². The number of carbonyl (C=O) groups is 1. The molecule has 1 N–H and O–H groups in total. The topological polar surface area (TPSA) is 51.4 Å². The van der Waals surface area contributed by atoms with Crippen molar-refractivity contribution in [2.75, 3.05) is 18.5 Å². The van der Waals surface area contributed by atoms with Crippen molar-refractivity contribution in [3.05, 3.63) is 70.2 Å². The minimum absolute atomic E-state index is 0. The fraction of sp³-hybridized carbons (Fsp3) is 0.568. The normalized spacial score (nSPS) is 11.2. The van der Waals surface area contributed by atoms with Crippen molar-refractivity contribution >= 4 is 22.9 Å². The molecule has 0 unspecified atom stereocenters. The molecule has 0 aliphatic rings. The standard InChI is InChI=1S/C37H54N2O3S.BrH/c1-6-7-8-9-10-11-12-13-14-15-16-17-24-41-35-27-32(37(3,4)5)21-22-34(35)42-29-36(40)38-33-20-18-19-31(26-33)28-39-23-25-43-30(39)2;/h18-23,25-27H,6-17,24,28-29H2,1-5H3;1H. The van der Waals surface area contributed by atoms with Gasteiger partial charge in [-0.25, -0.2) is 0 Å². The van der Waals surface area contributed by atoms with Crippen LogP contribution in [0.5, 0.6) is 11.5 Å². The number of unbranched alkanes of at least 4 members (excludes halogenated alkanes) is 11. The van der Waals surface area contributed by atoms with Crippen LogP contribution < -0.4 is 36.3 Å². The van der Waals surface area contributed by atoms with Crippen molar-refractivity contribution in [3.8, 4) is 11.5 Å². The Morgan fingerprint density at radius 2 is 1.50 bits per heavy atom. The first kappa shape index (κ1) is 37.8. The lowest BCUT2D eigenvalue weighted by molar-refractivity contribution is -0.689. The van der Waals surface area contributed by atoms with Gasteiger partial charge in [-0.1, -0.05) is 128 Å². The molecule has 44 heavy (non-hydrogen) atoms. The summed E-state index contributed by atoms with van der Waals surface area (Å²) < 4.78 is 14.4. The van der Waals surface area contributed by atoms with Gasteiger partial charge in [0.15, 0.2) is 30.8 Å². The first-order chi connectivity index (χ1) is 20.8. The van der Waals surface area contributed by atoms with E-state index in [1.54, 1.807) is 11.3 Å². The molecule has 0 aliphatic carbocycles. The fourth-order valence-corrected chi connectivity index (χ4v) is 5.82. The Hall–Kier alpha value is -2.38. The van der Waals surface area contributed by atoms with Crippen molar-refractivity contribution < 1.29 is 35.8 Å². The second-order valence-corrected chi connectivity index (χ2v) is 13.8. The molecule has 0 saturated heterocycles. The number of halogens is 1. The molecule has 1 amide bonds. The first-order valence-corrected chi connectivity index (χ1v) is 17.4. The quantitative estimate of drug-likeness (QED) is 0.105. The summed E-state index contributed by atoms with van der Waals surface area (Å²) in [7, 11) is 0. The van der Waals surface area contributed by atoms with E-state index in [-0.39, 0.29) is 34.9 Å². The second kappa shape index (κ2) is 20.6. The number of aryl methyl sites for hydroxylation is 1. The van der Waals surface area contributed by atoms with Crippen LogP contribution in [0, 0.1) is 6.92 Å². The number of benzene rings is 2. The number of hydrogen-bond acceptors (Lipinski definition) is 4. The highest BCUT2D eigenvalue weighted by molar-refractivity contribution is 7.09. The molecule has 3 aromatic rings. The van der Waals surface area contributed by atoms with E-state index in [1.807, 2.05) is 24.3 Å². The van der Waals surface area contributed by atoms with Gasteiger partial charge >= 0.3 is 0 Å². The lowest BCUT2D eigenvalue weighted by Gasteiger charge is -2.21. The monoisotopic (exact) mass is 686 g/mol. The Balaban J connectivity index is 0.00000675. The van der Waals surface area contributed by atoms with Crippen molar-refractivity contribution in [1.29, 1.82) is 0 Å². The molecule has 3 rings (SSSR count). The summed E-state index contributed by atoms with van der Waals surface area (Å²) in [4.78, 5) is 12.8. The zero-order chi connectivity index (χ0) is 30.9. The number of anilines is 1. The lowest BCUT2D eigenvalue weighted by atomic mass is 9.87. The van der Waals surface area contributed by atoms with Gasteiger partial charge in [0.2, 0.25) is 5.01 Å². The SMILES string of the molecule is CCCCCCCCCCCCCCOc1cc(C(C)(C)C)ccc1OCC(=O)Nc1cccc(C[n+]2ccsc2C)c1.[Br-]. The van der Waals surface area contributed by atoms with Crippen molar-refractivity contribution in [1.82, 2.24) is 0 Å². The Bertz CT molecular complexity index is 1240. The van der Waals surface area contributed by atoms with Gasteiger partial charge in [-0.3, -0.25) is 4.79 Å². The summed E-state index contributed by atoms with van der Waals surface area (Å²) in [6.07, 6.45) is 17.9. The van der Waals surface area contributed by atoms with Gasteiger partial charge in [0.1, 0.15) is 0 Å². The van der Waals surface area contributed by atoms with Crippen LogP contribution >= 0.6 is 11.3 Å². The number of nitrogens with one attached hydrogen (secondary N) is 1. The summed E-state index contributed by atoms with van der Waals surface area (Å²) in [5.41, 5.74) is 3.08. The number of aromatic nitrogens is 1. The van der Waals surface area contributed by atoms with E-state index in [1.165, 1.54) is 81.2 Å². The summed E-state index contributed by atoms with van der Waals surface area (Å²) >= 11 is 1.73. The molecule has 7 heteroatoms. The number of ether oxygens (including phenoxy) is 2. The van der Waals surface area contributed by atoms with Gasteiger partial charge in [-0.05, 0) is 41.7 Å². The van der Waals surface area contributed by atoms with Crippen LogP contribution in [-0.2, 0) is 16.8 Å². The number of hydrogen-bond donors (Lipinski definition) is 1. The lowest BCUT2D eigenvalue weighted by Crippen LogP contribution is -3.00. The molecule has 2 aromatic carbocycles. The number of thiazole rings is 1. The van der Waals surface area contributed by atoms with Crippen LogP contribution in [0.1, 0.15) is 121 Å². The average Bonchev–Trinajstić information content (AvgIpc) is 3.38. The zero-order valence-electron chi connectivity index (χ0n) is 27.8. The minimum Gasteiger partial charge on any atom is -1.00 e. The van der Waals surface area contributed by atoms with Gasteiger partial charge in [-0.15, -0.1) is 0 Å². The van der Waals surface area contributed by atoms with E-state index in [0.717, 1.165) is 24.2 Å². The molecule has 5 nitrogen and oxygen atoms in total. The van der Waals surface area contributed by atoms with E-state index in [9.17, 15) is 4.79 Å². The molecular formula is C37H55BrN2O3S. The molecular weight excluding hydrogens is 632 g/mol. The van der Waals surface area contributed by atoms with Crippen LogP contribution in [0.15, 0.2) is 54.0 Å². The maximum absolute atomic E-state index is 12.8. The van der Waals surface area contributed by atoms with Crippen LogP contribution in [-0.4, -0.2) is 19.1 Å². The van der Waals surface area contributed by atoms with E-state index in [2.05, 4.69) is 74.3 Å². The maximum Gasteiger partial charge on any atom is 0.262 e. The molecule has 1 aromatic heterocycles. The largest absolute Gasteiger partial charge is 1.00 e. The summed E-state index contributed by atoms with van der Waals surface area (Å²) in [6.45, 7) is 12.3. The molecule has 0 atom stereocenters. The van der Waals surface area contributed by atoms with Crippen LogP contribution in [0.2, 0.25) is 0 Å². The van der Waals surface area contributed by atoms with Crippen molar-refractivity contribution in [3.63, 3.8) is 0 Å². The molecule has 0 aliphatic heterocycles. The highest BCUT2D eigenvalue weighted by atomic mass is 79.9. The number of nitrogens with zero attached hydrogens (tertiary/aromatic N) is 1. The highest BCUT2D eigenvalue weighted by Gasteiger charge is 2.18. The van der Waals surface area contributed by atoms with E-state index >= 15 is 0 Å². The van der Waals surface area contributed by atoms with Gasteiger partial charge in [-0.2, -0.15) is 4.57 Å². The third-order valence-corrected chi connectivity index (χ3v) is 8.70. The molecule has 1 heterocycles. The van der Waals surface area contributed by atoms with E-state index < -0.39 is 0 Å². The van der Waals surface area contributed by atoms with Gasteiger partial charge in [0.25, 0.3) is 5.91 Å². The molecule has 0 saturated carbocycles. The van der Waals surface area contributed by atoms with Crippen molar-refractivity contribution in [2.45, 2.75) is 124 Å². The number of carbonyl (C=O) groups excluding carboxylic acids is 1. The predicted molar refractivity (Wildman–Crippen MR) is 181 cm³/mol. The Labute approximate surface area is 281 Å². The summed E-state index contributed by atoms with van der Waals surface area (Å²) in [6, 6.07) is 14.1. The van der Waals surface area contributed by atoms with E-state index in [0.29, 0.717) is 18.1 Å². The summed E-state index contributed by atoms with van der Waals surface area (Å²) in [5.74, 6) is 1.14. The fourth-order valence-electron chi connectivity index (χ4n) is 5.16.